The first-order chi connectivity index (χ1) is 10.0. The summed E-state index contributed by atoms with van der Waals surface area (Å²) in [4.78, 5) is 13.5. The quantitative estimate of drug-likeness (QED) is 0.912. The molecular formula is C15H16Cl2N2O2. The Balaban J connectivity index is 1.88. The number of halogens is 2. The van der Waals surface area contributed by atoms with Crippen LogP contribution in [0.1, 0.15) is 36.1 Å². The van der Waals surface area contributed by atoms with Gasteiger partial charge in [0.2, 0.25) is 0 Å². The van der Waals surface area contributed by atoms with Crippen LogP contribution >= 0.6 is 23.2 Å². The molecule has 0 saturated carbocycles. The first-order valence-corrected chi connectivity index (χ1v) is 7.63. The maximum atomic E-state index is 11.2. The molecule has 1 aromatic heterocycles. The van der Waals surface area contributed by atoms with Crippen LogP contribution in [0.4, 0.5) is 0 Å². The zero-order valence-electron chi connectivity index (χ0n) is 11.6. The standard InChI is InChI=1S/C15H16Cl2N2O2/c1-19-3-2-9(14-8-15(20)18-21-14)6-13(19)10-4-11(16)7-12(17)5-10/h4-5,7-9,13H,2-3,6H2,1H3,(H,18,20)/t9-,13+/m1/s1. The predicted molar refractivity (Wildman–Crippen MR) is 83.1 cm³/mol. The normalized spacial score (nSPS) is 23.4. The van der Waals surface area contributed by atoms with Crippen molar-refractivity contribution in [3.63, 3.8) is 0 Å². The minimum absolute atomic E-state index is 0.189. The molecule has 6 heteroatoms. The van der Waals surface area contributed by atoms with Crippen molar-refractivity contribution in [1.29, 1.82) is 0 Å². The first kappa shape index (κ1) is 14.7. The SMILES string of the molecule is CN1CC[C@@H](c2cc(=O)[nH]o2)C[C@H]1c1cc(Cl)cc(Cl)c1. The van der Waals surface area contributed by atoms with Crippen LogP contribution in [0.25, 0.3) is 0 Å². The third kappa shape index (κ3) is 3.18. The van der Waals surface area contributed by atoms with E-state index in [1.165, 1.54) is 6.07 Å². The van der Waals surface area contributed by atoms with E-state index in [0.717, 1.165) is 30.7 Å². The van der Waals surface area contributed by atoms with E-state index >= 15 is 0 Å². The van der Waals surface area contributed by atoms with Crippen molar-refractivity contribution in [3.05, 3.63) is 56.0 Å². The number of aromatic nitrogens is 1. The van der Waals surface area contributed by atoms with Crippen LogP contribution in [0.3, 0.4) is 0 Å². The van der Waals surface area contributed by atoms with Crippen molar-refractivity contribution in [2.75, 3.05) is 13.6 Å². The maximum absolute atomic E-state index is 11.2. The molecule has 4 nitrogen and oxygen atoms in total. The summed E-state index contributed by atoms with van der Waals surface area (Å²) in [5, 5.41) is 3.64. The van der Waals surface area contributed by atoms with Gasteiger partial charge in [0.1, 0.15) is 5.76 Å². The van der Waals surface area contributed by atoms with Gasteiger partial charge in [-0.2, -0.15) is 5.16 Å². The van der Waals surface area contributed by atoms with E-state index in [2.05, 4.69) is 17.1 Å². The van der Waals surface area contributed by atoms with Gasteiger partial charge in [-0.15, -0.1) is 0 Å². The van der Waals surface area contributed by atoms with E-state index < -0.39 is 0 Å². The van der Waals surface area contributed by atoms with E-state index in [1.807, 2.05) is 12.1 Å². The Labute approximate surface area is 132 Å². The van der Waals surface area contributed by atoms with Gasteiger partial charge in [-0.25, -0.2) is 0 Å². The van der Waals surface area contributed by atoms with Crippen LogP contribution < -0.4 is 5.56 Å². The van der Waals surface area contributed by atoms with Gasteiger partial charge in [0.15, 0.2) is 0 Å². The van der Waals surface area contributed by atoms with Crippen molar-refractivity contribution in [2.45, 2.75) is 24.8 Å². The van der Waals surface area contributed by atoms with Gasteiger partial charge < -0.3 is 4.52 Å². The molecule has 2 heterocycles. The summed E-state index contributed by atoms with van der Waals surface area (Å²) in [6, 6.07) is 7.38. The molecule has 0 aliphatic carbocycles. The van der Waals surface area contributed by atoms with Gasteiger partial charge in [0.05, 0.1) is 0 Å². The summed E-state index contributed by atoms with van der Waals surface area (Å²) in [7, 11) is 2.09. The maximum Gasteiger partial charge on any atom is 0.280 e. The van der Waals surface area contributed by atoms with Gasteiger partial charge in [-0.05, 0) is 50.2 Å². The van der Waals surface area contributed by atoms with Gasteiger partial charge >= 0.3 is 0 Å². The summed E-state index contributed by atoms with van der Waals surface area (Å²) in [6.07, 6.45) is 1.83. The lowest BCUT2D eigenvalue weighted by Crippen LogP contribution is -2.33. The summed E-state index contributed by atoms with van der Waals surface area (Å²) in [5.74, 6) is 0.953. The lowest BCUT2D eigenvalue weighted by Gasteiger charge is -2.36. The van der Waals surface area contributed by atoms with Crippen LogP contribution in [0, 0.1) is 0 Å². The minimum atomic E-state index is -0.189. The molecule has 1 fully saturated rings. The molecule has 0 spiro atoms. The van der Waals surface area contributed by atoms with Crippen molar-refractivity contribution >= 4 is 23.2 Å². The Bertz CT molecular complexity index is 675. The summed E-state index contributed by atoms with van der Waals surface area (Å²) < 4.78 is 5.26. The number of likely N-dealkylation sites (tertiary alicyclic amines) is 1. The molecule has 1 aromatic carbocycles. The Morgan fingerprint density at radius 1 is 1.24 bits per heavy atom. The first-order valence-electron chi connectivity index (χ1n) is 6.87. The van der Waals surface area contributed by atoms with E-state index in [-0.39, 0.29) is 17.5 Å². The number of nitrogens with zero attached hydrogens (tertiary/aromatic N) is 1. The number of rotatable bonds is 2. The fourth-order valence-corrected chi connectivity index (χ4v) is 3.54. The molecule has 1 aliphatic heterocycles. The van der Waals surface area contributed by atoms with Gasteiger partial charge in [0, 0.05) is 28.1 Å². The lowest BCUT2D eigenvalue weighted by molar-refractivity contribution is 0.157. The second kappa shape index (κ2) is 5.87. The molecule has 0 bridgehead atoms. The number of hydrogen-bond donors (Lipinski definition) is 1. The van der Waals surface area contributed by atoms with Crippen LogP contribution in [0.15, 0.2) is 33.6 Å². The fourth-order valence-electron chi connectivity index (χ4n) is 3.00. The lowest BCUT2D eigenvalue weighted by atomic mass is 9.86. The van der Waals surface area contributed by atoms with Crippen molar-refractivity contribution in [3.8, 4) is 0 Å². The Kier molecular flexibility index (Phi) is 4.11. The van der Waals surface area contributed by atoms with Crippen LogP contribution in [0.5, 0.6) is 0 Å². The Morgan fingerprint density at radius 2 is 1.95 bits per heavy atom. The Hall–Kier alpha value is -1.23. The van der Waals surface area contributed by atoms with Crippen LogP contribution in [-0.2, 0) is 0 Å². The number of benzene rings is 1. The van der Waals surface area contributed by atoms with E-state index in [9.17, 15) is 4.79 Å². The second-order valence-corrected chi connectivity index (χ2v) is 6.41. The minimum Gasteiger partial charge on any atom is -0.383 e. The number of H-pyrrole nitrogens is 1. The summed E-state index contributed by atoms with van der Waals surface area (Å²) in [6.45, 7) is 0.925. The zero-order valence-corrected chi connectivity index (χ0v) is 13.1. The third-order valence-electron chi connectivity index (χ3n) is 4.08. The highest BCUT2D eigenvalue weighted by atomic mass is 35.5. The molecule has 3 rings (SSSR count). The molecule has 1 N–H and O–H groups in total. The third-order valence-corrected chi connectivity index (χ3v) is 4.52. The van der Waals surface area contributed by atoms with Gasteiger partial charge in [-0.1, -0.05) is 23.2 Å². The second-order valence-electron chi connectivity index (χ2n) is 5.54. The molecule has 1 saturated heterocycles. The molecule has 112 valence electrons. The molecule has 0 unspecified atom stereocenters. The molecule has 0 radical (unpaired) electrons. The van der Waals surface area contributed by atoms with Crippen LogP contribution in [0.2, 0.25) is 10.0 Å². The molecule has 1 aliphatic rings. The molecule has 0 amide bonds. The predicted octanol–water partition coefficient (Wildman–Crippen LogP) is 3.83. The zero-order chi connectivity index (χ0) is 15.0. The topological polar surface area (TPSA) is 49.2 Å². The number of hydrogen-bond acceptors (Lipinski definition) is 3. The van der Waals surface area contributed by atoms with E-state index in [4.69, 9.17) is 27.7 Å². The number of aromatic amines is 1. The monoisotopic (exact) mass is 326 g/mol. The van der Waals surface area contributed by atoms with E-state index in [0.29, 0.717) is 10.0 Å². The highest BCUT2D eigenvalue weighted by Gasteiger charge is 2.30. The molecule has 2 aromatic rings. The van der Waals surface area contributed by atoms with Crippen molar-refractivity contribution in [1.82, 2.24) is 10.1 Å². The van der Waals surface area contributed by atoms with Crippen molar-refractivity contribution in [2.24, 2.45) is 0 Å². The Morgan fingerprint density at radius 3 is 2.57 bits per heavy atom. The highest BCUT2D eigenvalue weighted by molar-refractivity contribution is 6.34. The highest BCUT2D eigenvalue weighted by Crippen LogP contribution is 2.39. The molecule has 2 atom stereocenters. The average Bonchev–Trinajstić information content (AvgIpc) is 2.85. The number of nitrogens with one attached hydrogen (secondary N) is 1. The van der Waals surface area contributed by atoms with Gasteiger partial charge in [0.25, 0.3) is 5.56 Å². The van der Waals surface area contributed by atoms with Crippen molar-refractivity contribution < 1.29 is 4.52 Å². The van der Waals surface area contributed by atoms with Crippen LogP contribution in [-0.4, -0.2) is 23.6 Å². The smallest absolute Gasteiger partial charge is 0.280 e. The fraction of sp³-hybridized carbons (Fsp3) is 0.400. The van der Waals surface area contributed by atoms with Gasteiger partial charge in [-0.3, -0.25) is 9.69 Å². The molecule has 21 heavy (non-hydrogen) atoms. The largest absolute Gasteiger partial charge is 0.383 e. The molecular weight excluding hydrogens is 311 g/mol. The number of piperidine rings is 1. The summed E-state index contributed by atoms with van der Waals surface area (Å²) in [5.41, 5.74) is 0.906. The van der Waals surface area contributed by atoms with E-state index in [1.54, 1.807) is 6.07 Å². The average molecular weight is 327 g/mol. The summed E-state index contributed by atoms with van der Waals surface area (Å²) >= 11 is 12.2.